The molecule has 1 saturated heterocycles. The Kier molecular flexibility index (Phi) is 8.83. The van der Waals surface area contributed by atoms with E-state index in [1.54, 1.807) is 39.0 Å². The number of nitrogens with zero attached hydrogens (tertiary/aromatic N) is 1. The van der Waals surface area contributed by atoms with Crippen LogP contribution in [0.15, 0.2) is 30.3 Å². The molecule has 2 heterocycles. The molecule has 1 atom stereocenters. The number of carbonyl (C=O) groups is 2. The lowest BCUT2D eigenvalue weighted by Gasteiger charge is -2.33. The van der Waals surface area contributed by atoms with Gasteiger partial charge in [-0.2, -0.15) is 26.3 Å². The van der Waals surface area contributed by atoms with Crippen molar-refractivity contribution in [3.63, 3.8) is 0 Å². The predicted octanol–water partition coefficient (Wildman–Crippen LogP) is 5.90. The topological polar surface area (TPSA) is 100 Å². The highest BCUT2D eigenvalue weighted by Crippen LogP contribution is 2.51. The number of urea groups is 1. The molecule has 0 radical (unpaired) electrons. The van der Waals surface area contributed by atoms with Crippen LogP contribution in [0.2, 0.25) is 0 Å². The number of ether oxygens (including phenoxy) is 2. The largest absolute Gasteiger partial charge is 0.454 e. The van der Waals surface area contributed by atoms with Gasteiger partial charge in [-0.3, -0.25) is 9.69 Å². The molecule has 236 valence electrons. The number of halogens is 6. The summed E-state index contributed by atoms with van der Waals surface area (Å²) in [6, 6.07) is 5.97. The standard InChI is InChI=1S/C29H33F6N3O5/c1-4-17-13-20(27(41,28(30,31)32)29(33,34)35)14-18(5-2)23(17)36-11-7-8-12-38-24(39)26(6-3,37-25(38)40)19-9-10-21-22(15-19)43-16-42-21/h9-10,13-15,36,41H,4-8,11-12,16H2,1-3H3,(H,37,40). The lowest BCUT2D eigenvalue weighted by atomic mass is 9.87. The Morgan fingerprint density at radius 3 is 2.09 bits per heavy atom. The Bertz CT molecular complexity index is 1340. The van der Waals surface area contributed by atoms with Crippen LogP contribution in [0.5, 0.6) is 11.5 Å². The van der Waals surface area contributed by atoms with E-state index in [4.69, 9.17) is 9.47 Å². The van der Waals surface area contributed by atoms with Crippen molar-refractivity contribution in [3.8, 4) is 11.5 Å². The third-order valence-electron chi connectivity index (χ3n) is 7.98. The maximum Gasteiger partial charge on any atom is 0.430 e. The number of aryl methyl sites for hydroxylation is 2. The molecule has 2 aromatic rings. The summed E-state index contributed by atoms with van der Waals surface area (Å²) in [5, 5.41) is 15.8. The van der Waals surface area contributed by atoms with E-state index in [9.17, 15) is 41.0 Å². The number of anilines is 1. The van der Waals surface area contributed by atoms with Gasteiger partial charge in [0.1, 0.15) is 5.54 Å². The number of fused-ring (bicyclic) bond motifs is 1. The number of aliphatic hydroxyl groups is 1. The van der Waals surface area contributed by atoms with E-state index in [2.05, 4.69) is 10.6 Å². The lowest BCUT2D eigenvalue weighted by molar-refractivity contribution is -0.376. The van der Waals surface area contributed by atoms with Gasteiger partial charge in [-0.25, -0.2) is 4.79 Å². The first-order chi connectivity index (χ1) is 20.1. The zero-order valence-corrected chi connectivity index (χ0v) is 23.8. The van der Waals surface area contributed by atoms with Gasteiger partial charge >= 0.3 is 18.4 Å². The minimum atomic E-state index is -5.98. The number of benzene rings is 2. The Morgan fingerprint density at radius 1 is 0.930 bits per heavy atom. The monoisotopic (exact) mass is 617 g/mol. The molecule has 3 N–H and O–H groups in total. The number of hydrogen-bond donors (Lipinski definition) is 3. The maximum atomic E-state index is 13.5. The van der Waals surface area contributed by atoms with E-state index in [0.717, 1.165) is 17.0 Å². The molecular formula is C29H33F6N3O5. The molecule has 2 aliphatic heterocycles. The van der Waals surface area contributed by atoms with Crippen molar-refractivity contribution in [1.29, 1.82) is 0 Å². The Morgan fingerprint density at radius 2 is 1.53 bits per heavy atom. The summed E-state index contributed by atoms with van der Waals surface area (Å²) in [6.45, 7) is 5.38. The van der Waals surface area contributed by atoms with Crippen LogP contribution in [0.3, 0.4) is 0 Å². The minimum Gasteiger partial charge on any atom is -0.454 e. The van der Waals surface area contributed by atoms with Crippen LogP contribution in [0, 0.1) is 0 Å². The van der Waals surface area contributed by atoms with Crippen LogP contribution >= 0.6 is 0 Å². The van der Waals surface area contributed by atoms with Gasteiger partial charge in [0.15, 0.2) is 11.5 Å². The average molecular weight is 618 g/mol. The number of nitrogens with one attached hydrogen (secondary N) is 2. The van der Waals surface area contributed by atoms with Crippen LogP contribution < -0.4 is 20.1 Å². The van der Waals surface area contributed by atoms with Gasteiger partial charge in [0.25, 0.3) is 11.5 Å². The molecule has 0 bridgehead atoms. The van der Waals surface area contributed by atoms with E-state index >= 15 is 0 Å². The van der Waals surface area contributed by atoms with Crippen molar-refractivity contribution in [2.24, 2.45) is 0 Å². The SMILES string of the molecule is CCc1cc(C(O)(C(F)(F)F)C(F)(F)F)cc(CC)c1NCCCCN1C(=O)NC(CC)(c2ccc3c(c2)OCO3)C1=O. The van der Waals surface area contributed by atoms with Gasteiger partial charge < -0.3 is 25.2 Å². The molecule has 3 amide bonds. The molecule has 0 aromatic heterocycles. The first kappa shape index (κ1) is 32.2. The fraction of sp³-hybridized carbons (Fsp3) is 0.517. The number of hydrogen-bond acceptors (Lipinski definition) is 6. The molecule has 2 aliphatic rings. The van der Waals surface area contributed by atoms with Gasteiger partial charge in [-0.05, 0) is 60.9 Å². The number of carbonyl (C=O) groups excluding carboxylic acids is 2. The van der Waals surface area contributed by atoms with Crippen LogP contribution in [0.4, 0.5) is 36.8 Å². The molecule has 1 fully saturated rings. The molecule has 43 heavy (non-hydrogen) atoms. The van der Waals surface area contributed by atoms with E-state index in [1.807, 2.05) is 0 Å². The van der Waals surface area contributed by atoms with Crippen molar-refractivity contribution < 1.29 is 50.5 Å². The quantitative estimate of drug-likeness (QED) is 0.165. The van der Waals surface area contributed by atoms with Gasteiger partial charge in [-0.15, -0.1) is 0 Å². The van der Waals surface area contributed by atoms with Gasteiger partial charge in [0.2, 0.25) is 6.79 Å². The summed E-state index contributed by atoms with van der Waals surface area (Å²) >= 11 is 0. The molecule has 4 rings (SSSR count). The Labute approximate surface area is 244 Å². The lowest BCUT2D eigenvalue weighted by Crippen LogP contribution is -2.54. The van der Waals surface area contributed by atoms with Gasteiger partial charge in [-0.1, -0.05) is 39.0 Å². The summed E-state index contributed by atoms with van der Waals surface area (Å²) in [4.78, 5) is 27.4. The smallest absolute Gasteiger partial charge is 0.430 e. The number of amides is 3. The Hall–Kier alpha value is -3.68. The molecule has 0 aliphatic carbocycles. The first-order valence-corrected chi connectivity index (χ1v) is 13.9. The summed E-state index contributed by atoms with van der Waals surface area (Å²) in [5.41, 5.74) is -6.23. The first-order valence-electron chi connectivity index (χ1n) is 13.9. The number of unbranched alkanes of at least 4 members (excludes halogenated alkanes) is 1. The highest BCUT2D eigenvalue weighted by Gasteiger charge is 2.71. The van der Waals surface area contributed by atoms with Gasteiger partial charge in [0.05, 0.1) is 0 Å². The minimum absolute atomic E-state index is 0.0609. The predicted molar refractivity (Wildman–Crippen MR) is 144 cm³/mol. The van der Waals surface area contributed by atoms with E-state index in [1.165, 1.54) is 0 Å². The second-order valence-corrected chi connectivity index (χ2v) is 10.4. The van der Waals surface area contributed by atoms with Crippen LogP contribution in [-0.4, -0.2) is 54.2 Å². The normalized spacial score (nSPS) is 18.8. The summed E-state index contributed by atoms with van der Waals surface area (Å²) < 4.78 is 91.7. The van der Waals surface area contributed by atoms with Crippen molar-refractivity contribution in [2.75, 3.05) is 25.2 Å². The number of rotatable bonds is 11. The van der Waals surface area contributed by atoms with Crippen molar-refractivity contribution in [2.45, 2.75) is 76.4 Å². The highest BCUT2D eigenvalue weighted by atomic mass is 19.4. The van der Waals surface area contributed by atoms with Crippen molar-refractivity contribution >= 4 is 17.6 Å². The fourth-order valence-corrected chi connectivity index (χ4v) is 5.49. The maximum absolute atomic E-state index is 13.5. The summed E-state index contributed by atoms with van der Waals surface area (Å²) in [6.07, 6.45) is -10.6. The fourth-order valence-electron chi connectivity index (χ4n) is 5.49. The number of alkyl halides is 6. The summed E-state index contributed by atoms with van der Waals surface area (Å²) in [7, 11) is 0. The molecule has 14 heteroatoms. The molecule has 0 spiro atoms. The zero-order valence-electron chi connectivity index (χ0n) is 23.8. The third kappa shape index (κ3) is 5.56. The zero-order chi connectivity index (χ0) is 31.8. The van der Waals surface area contributed by atoms with Crippen molar-refractivity contribution in [1.82, 2.24) is 10.2 Å². The van der Waals surface area contributed by atoms with Gasteiger partial charge in [0, 0.05) is 24.3 Å². The van der Waals surface area contributed by atoms with E-state index < -0.39 is 41.0 Å². The van der Waals surface area contributed by atoms with Crippen molar-refractivity contribution in [3.05, 3.63) is 52.6 Å². The van der Waals surface area contributed by atoms with E-state index in [-0.39, 0.29) is 43.9 Å². The van der Waals surface area contributed by atoms with Crippen LogP contribution in [-0.2, 0) is 28.8 Å². The Balaban J connectivity index is 1.44. The molecule has 0 saturated carbocycles. The second kappa shape index (κ2) is 11.8. The van der Waals surface area contributed by atoms with E-state index in [0.29, 0.717) is 42.0 Å². The second-order valence-electron chi connectivity index (χ2n) is 10.4. The molecular weight excluding hydrogens is 584 g/mol. The van der Waals surface area contributed by atoms with Crippen LogP contribution in [0.25, 0.3) is 0 Å². The highest BCUT2D eigenvalue weighted by molar-refractivity contribution is 6.07. The average Bonchev–Trinajstić information content (AvgIpc) is 3.52. The molecule has 1 unspecified atom stereocenters. The van der Waals surface area contributed by atoms with Crippen LogP contribution in [0.1, 0.15) is 62.3 Å². The molecule has 2 aromatic carbocycles. The molecule has 8 nitrogen and oxygen atoms in total. The number of imide groups is 1. The third-order valence-corrected chi connectivity index (χ3v) is 7.98. The summed E-state index contributed by atoms with van der Waals surface area (Å²) in [5.74, 6) is 0.606.